The molecule has 132 valence electrons. The van der Waals surface area contributed by atoms with Crippen LogP contribution in [0.15, 0.2) is 30.1 Å². The lowest BCUT2D eigenvalue weighted by Gasteiger charge is -2.28. The summed E-state index contributed by atoms with van der Waals surface area (Å²) < 4.78 is 17.9. The molecule has 1 aromatic rings. The van der Waals surface area contributed by atoms with Gasteiger partial charge in [0.1, 0.15) is 12.4 Å². The van der Waals surface area contributed by atoms with Crippen LogP contribution in [0, 0.1) is 0 Å². The maximum atomic E-state index is 12.5. The van der Waals surface area contributed by atoms with Gasteiger partial charge in [0.15, 0.2) is 0 Å². The van der Waals surface area contributed by atoms with Crippen LogP contribution in [0.5, 0.6) is 5.75 Å². The van der Waals surface area contributed by atoms with Crippen molar-refractivity contribution >= 4 is 24.2 Å². The Morgan fingerprint density at radius 1 is 1.50 bits per heavy atom. The highest BCUT2D eigenvalue weighted by Crippen LogP contribution is 2.24. The predicted molar refractivity (Wildman–Crippen MR) is 91.1 cm³/mol. The number of likely N-dealkylation sites (N-methyl/N-ethyl adjacent to an activating group) is 1. The second-order valence-corrected chi connectivity index (χ2v) is 5.23. The van der Waals surface area contributed by atoms with Gasteiger partial charge in [0.2, 0.25) is 5.91 Å². The third kappa shape index (κ3) is 4.69. The minimum absolute atomic E-state index is 0. The molecular weight excluding hydrogens is 337 g/mol. The molecule has 0 aliphatic carbocycles. The fourth-order valence-electron chi connectivity index (χ4n) is 2.32. The number of halogens is 2. The first-order valence-corrected chi connectivity index (χ1v) is 7.32. The molecule has 0 fully saturated rings. The first-order valence-electron chi connectivity index (χ1n) is 7.32. The molecule has 8 heteroatoms. The Labute approximate surface area is 146 Å². The Morgan fingerprint density at radius 2 is 2.25 bits per heavy atom. The molecule has 0 radical (unpaired) electrons. The molecule has 1 aromatic carbocycles. The van der Waals surface area contributed by atoms with Gasteiger partial charge >= 0.3 is 0 Å². The number of nitrogens with two attached hydrogens (primary N) is 1. The fourth-order valence-corrected chi connectivity index (χ4v) is 2.32. The molecule has 0 spiro atoms. The van der Waals surface area contributed by atoms with Crippen molar-refractivity contribution in [2.24, 2.45) is 5.73 Å². The highest BCUT2D eigenvalue weighted by atomic mass is 35.5. The average Bonchev–Trinajstić information content (AvgIpc) is 2.58. The number of benzene rings is 1. The molecule has 0 saturated heterocycles. The zero-order chi connectivity index (χ0) is 16.8. The van der Waals surface area contributed by atoms with Gasteiger partial charge in [-0.15, -0.1) is 12.4 Å². The van der Waals surface area contributed by atoms with Crippen molar-refractivity contribution in [3.8, 4) is 5.75 Å². The molecule has 3 N–H and O–H groups in total. The van der Waals surface area contributed by atoms with Gasteiger partial charge in [0.05, 0.1) is 12.9 Å². The molecule has 0 atom stereocenters. The van der Waals surface area contributed by atoms with Crippen molar-refractivity contribution in [3.05, 3.63) is 41.2 Å². The van der Waals surface area contributed by atoms with Crippen molar-refractivity contribution in [2.45, 2.75) is 6.42 Å². The van der Waals surface area contributed by atoms with Crippen LogP contribution in [0.3, 0.4) is 0 Å². The minimum atomic E-state index is -0.200. The number of hydrogen-bond acceptors (Lipinski definition) is 4. The number of nitrogens with one attached hydrogen (secondary N) is 1. The first-order chi connectivity index (χ1) is 11.1. The third-order valence-electron chi connectivity index (χ3n) is 3.70. The molecule has 6 nitrogen and oxygen atoms in total. The van der Waals surface area contributed by atoms with Crippen LogP contribution >= 0.6 is 12.4 Å². The van der Waals surface area contributed by atoms with E-state index in [0.29, 0.717) is 36.2 Å². The molecule has 2 amide bonds. The van der Waals surface area contributed by atoms with E-state index < -0.39 is 0 Å². The number of carbonyl (C=O) groups excluding carboxylic acids is 2. The maximum Gasteiger partial charge on any atom is 0.254 e. The molecular formula is C16H21ClFN3O3. The van der Waals surface area contributed by atoms with Crippen LogP contribution in [0.4, 0.5) is 4.39 Å². The minimum Gasteiger partial charge on any atom is -0.489 e. The molecule has 24 heavy (non-hydrogen) atoms. The summed E-state index contributed by atoms with van der Waals surface area (Å²) >= 11 is 0. The fraction of sp³-hybridized carbons (Fsp3) is 0.375. The Bertz CT molecular complexity index is 637. The largest absolute Gasteiger partial charge is 0.489 e. The maximum absolute atomic E-state index is 12.5. The Hall–Kier alpha value is -2.12. The molecule has 0 unspecified atom stereocenters. The average molecular weight is 358 g/mol. The summed E-state index contributed by atoms with van der Waals surface area (Å²) in [6, 6.07) is 5.10. The molecule has 1 aliphatic heterocycles. The van der Waals surface area contributed by atoms with Crippen LogP contribution in [-0.2, 0) is 11.2 Å². The van der Waals surface area contributed by atoms with Crippen LogP contribution in [0.1, 0.15) is 15.9 Å². The summed E-state index contributed by atoms with van der Waals surface area (Å²) in [5, 5.41) is 2.51. The summed E-state index contributed by atoms with van der Waals surface area (Å²) in [6.45, 7) is 0.687. The van der Waals surface area contributed by atoms with Crippen molar-refractivity contribution in [1.29, 1.82) is 0 Å². The topological polar surface area (TPSA) is 84.7 Å². The number of carbonyl (C=O) groups is 2. The van der Waals surface area contributed by atoms with Crippen LogP contribution < -0.4 is 15.8 Å². The normalized spacial score (nSPS) is 13.9. The van der Waals surface area contributed by atoms with Gasteiger partial charge in [-0.05, 0) is 30.2 Å². The van der Waals surface area contributed by atoms with Gasteiger partial charge in [0, 0.05) is 31.3 Å². The van der Waals surface area contributed by atoms with Gasteiger partial charge in [-0.3, -0.25) is 9.59 Å². The van der Waals surface area contributed by atoms with Gasteiger partial charge in [0.25, 0.3) is 5.91 Å². The Morgan fingerprint density at radius 3 is 2.88 bits per heavy atom. The number of ether oxygens (including phenoxy) is 1. The number of fused-ring (bicyclic) bond motifs is 1. The van der Waals surface area contributed by atoms with Gasteiger partial charge in [-0.2, -0.15) is 0 Å². The second kappa shape index (κ2) is 9.24. The van der Waals surface area contributed by atoms with Crippen molar-refractivity contribution < 1.29 is 18.7 Å². The van der Waals surface area contributed by atoms with Crippen molar-refractivity contribution in [2.75, 3.05) is 33.3 Å². The zero-order valence-electron chi connectivity index (χ0n) is 13.4. The first kappa shape index (κ1) is 19.9. The van der Waals surface area contributed by atoms with E-state index in [-0.39, 0.29) is 43.9 Å². The highest BCUT2D eigenvalue weighted by molar-refractivity contribution is 5.98. The second-order valence-electron chi connectivity index (χ2n) is 5.23. The monoisotopic (exact) mass is 357 g/mol. The van der Waals surface area contributed by atoms with Crippen LogP contribution in [-0.4, -0.2) is 50.0 Å². The molecule has 1 aliphatic rings. The summed E-state index contributed by atoms with van der Waals surface area (Å²) in [7, 11) is 1.54. The van der Waals surface area contributed by atoms with Crippen LogP contribution in [0.25, 0.3) is 0 Å². The van der Waals surface area contributed by atoms with E-state index in [1.54, 1.807) is 18.2 Å². The SMILES string of the molecule is CNC(=O)CN1CCc2cc(OC/C(=C\F)CN)ccc2C1=O.Cl. The summed E-state index contributed by atoms with van der Waals surface area (Å²) in [5.74, 6) is 0.186. The molecule has 0 bridgehead atoms. The standard InChI is InChI=1S/C16H20FN3O3.ClH/c1-19-15(21)9-20-5-4-12-6-13(2-3-14(12)16(20)22)23-10-11(7-17)8-18;/h2-3,6-7H,4-5,8-10,18H2,1H3,(H,19,21);1H/b11-7-;. The van der Waals surface area contributed by atoms with Crippen molar-refractivity contribution in [1.82, 2.24) is 10.2 Å². The number of rotatable bonds is 6. The Kier molecular flexibility index (Phi) is 7.67. The van der Waals surface area contributed by atoms with E-state index in [1.165, 1.54) is 11.9 Å². The van der Waals surface area contributed by atoms with Gasteiger partial charge in [-0.1, -0.05) is 0 Å². The quantitative estimate of drug-likeness (QED) is 0.796. The van der Waals surface area contributed by atoms with E-state index in [2.05, 4.69) is 5.32 Å². The Balaban J connectivity index is 0.00000288. The highest BCUT2D eigenvalue weighted by Gasteiger charge is 2.25. The van der Waals surface area contributed by atoms with E-state index in [1.807, 2.05) is 0 Å². The van der Waals surface area contributed by atoms with E-state index >= 15 is 0 Å². The van der Waals surface area contributed by atoms with Crippen molar-refractivity contribution in [3.63, 3.8) is 0 Å². The number of nitrogens with zero attached hydrogens (tertiary/aromatic N) is 1. The molecule has 0 saturated carbocycles. The molecule has 1 heterocycles. The van der Waals surface area contributed by atoms with E-state index in [9.17, 15) is 14.0 Å². The lowest BCUT2D eigenvalue weighted by atomic mass is 9.98. The summed E-state index contributed by atoms with van der Waals surface area (Å²) in [5.41, 5.74) is 7.15. The zero-order valence-corrected chi connectivity index (χ0v) is 14.2. The third-order valence-corrected chi connectivity index (χ3v) is 3.70. The predicted octanol–water partition coefficient (Wildman–Crippen LogP) is 1.04. The number of hydrogen-bond donors (Lipinski definition) is 2. The van der Waals surface area contributed by atoms with Gasteiger partial charge < -0.3 is 20.7 Å². The molecule has 2 rings (SSSR count). The smallest absolute Gasteiger partial charge is 0.254 e. The van der Waals surface area contributed by atoms with Crippen LogP contribution in [0.2, 0.25) is 0 Å². The van der Waals surface area contributed by atoms with E-state index in [0.717, 1.165) is 5.56 Å². The number of amides is 2. The summed E-state index contributed by atoms with van der Waals surface area (Å²) in [6.07, 6.45) is 1.08. The van der Waals surface area contributed by atoms with E-state index in [4.69, 9.17) is 10.5 Å². The van der Waals surface area contributed by atoms with Gasteiger partial charge in [-0.25, -0.2) is 4.39 Å². The summed E-state index contributed by atoms with van der Waals surface area (Å²) in [4.78, 5) is 25.3. The lowest BCUT2D eigenvalue weighted by Crippen LogP contribution is -2.43. The molecule has 0 aromatic heterocycles. The lowest BCUT2D eigenvalue weighted by molar-refractivity contribution is -0.121.